The van der Waals surface area contributed by atoms with Crippen LogP contribution in [-0.2, 0) is 0 Å². The van der Waals surface area contributed by atoms with E-state index in [9.17, 15) is 9.18 Å². The maximum atomic E-state index is 13.6. The van der Waals surface area contributed by atoms with Gasteiger partial charge in [-0.25, -0.2) is 4.39 Å². The Morgan fingerprint density at radius 1 is 1.16 bits per heavy atom. The lowest BCUT2D eigenvalue weighted by Gasteiger charge is -2.11. The normalized spacial score (nSPS) is 10.3. The van der Waals surface area contributed by atoms with Gasteiger partial charge in [-0.1, -0.05) is 22.0 Å². The van der Waals surface area contributed by atoms with Gasteiger partial charge >= 0.3 is 0 Å². The molecule has 0 aliphatic carbocycles. The van der Waals surface area contributed by atoms with Crippen molar-refractivity contribution < 1.29 is 13.9 Å². The van der Waals surface area contributed by atoms with Gasteiger partial charge in [0.1, 0.15) is 5.75 Å². The van der Waals surface area contributed by atoms with Gasteiger partial charge in [0.05, 0.1) is 5.56 Å². The Bertz CT molecular complexity index is 647. The number of halogens is 3. The Kier molecular flexibility index (Phi) is 4.21. The van der Waals surface area contributed by atoms with Crippen molar-refractivity contribution in [3.63, 3.8) is 0 Å². The van der Waals surface area contributed by atoms with Crippen molar-refractivity contribution in [3.8, 4) is 11.5 Å². The molecule has 0 radical (unpaired) electrons. The predicted molar refractivity (Wildman–Crippen MR) is 76.8 cm³/mol. The van der Waals surface area contributed by atoms with Gasteiger partial charge in [0, 0.05) is 8.95 Å². The first-order valence-electron chi connectivity index (χ1n) is 5.20. The molecule has 0 fully saturated rings. The van der Waals surface area contributed by atoms with E-state index in [1.54, 1.807) is 24.3 Å². The van der Waals surface area contributed by atoms with E-state index in [0.717, 1.165) is 0 Å². The second-order valence-electron chi connectivity index (χ2n) is 3.65. The molecule has 0 bridgehead atoms. The zero-order chi connectivity index (χ0) is 14.0. The number of carbonyl (C=O) groups excluding carboxylic acids is 1. The summed E-state index contributed by atoms with van der Waals surface area (Å²) < 4.78 is 20.2. The summed E-state index contributed by atoms with van der Waals surface area (Å²) in [6.45, 7) is 0. The number of amides is 1. The first-order chi connectivity index (χ1) is 8.99. The van der Waals surface area contributed by atoms with E-state index in [1.165, 1.54) is 12.1 Å². The van der Waals surface area contributed by atoms with E-state index in [4.69, 9.17) is 10.5 Å². The SMILES string of the molecule is NC(=O)c1c(Br)cccc1Oc1cc(Br)ccc1F. The molecule has 0 unspecified atom stereocenters. The molecule has 0 spiro atoms. The van der Waals surface area contributed by atoms with Gasteiger partial charge in [-0.15, -0.1) is 0 Å². The van der Waals surface area contributed by atoms with Crippen LogP contribution in [0.5, 0.6) is 11.5 Å². The monoisotopic (exact) mass is 387 g/mol. The minimum absolute atomic E-state index is 0.00924. The molecule has 0 heterocycles. The zero-order valence-corrected chi connectivity index (χ0v) is 12.7. The molecule has 0 aliphatic rings. The highest BCUT2D eigenvalue weighted by atomic mass is 79.9. The molecular formula is C13H8Br2FNO2. The van der Waals surface area contributed by atoms with E-state index < -0.39 is 11.7 Å². The average molecular weight is 389 g/mol. The largest absolute Gasteiger partial charge is 0.453 e. The van der Waals surface area contributed by atoms with Crippen LogP contribution in [0.3, 0.4) is 0 Å². The molecule has 3 nitrogen and oxygen atoms in total. The highest BCUT2D eigenvalue weighted by Crippen LogP contribution is 2.32. The van der Waals surface area contributed by atoms with E-state index in [2.05, 4.69) is 31.9 Å². The van der Waals surface area contributed by atoms with Gasteiger partial charge in [-0.3, -0.25) is 4.79 Å². The van der Waals surface area contributed by atoms with Crippen molar-refractivity contribution in [2.24, 2.45) is 5.73 Å². The fourth-order valence-electron chi connectivity index (χ4n) is 1.50. The molecule has 2 N–H and O–H groups in total. The van der Waals surface area contributed by atoms with Crippen LogP contribution in [0, 0.1) is 5.82 Å². The summed E-state index contributed by atoms with van der Waals surface area (Å²) in [5.74, 6) is -0.981. The molecule has 0 atom stereocenters. The summed E-state index contributed by atoms with van der Waals surface area (Å²) in [6.07, 6.45) is 0. The van der Waals surface area contributed by atoms with Crippen LogP contribution >= 0.6 is 31.9 Å². The second kappa shape index (κ2) is 5.71. The van der Waals surface area contributed by atoms with Crippen LogP contribution in [0.1, 0.15) is 10.4 Å². The fraction of sp³-hybridized carbons (Fsp3) is 0. The summed E-state index contributed by atoms with van der Waals surface area (Å²) in [5, 5.41) is 0. The average Bonchev–Trinajstić information content (AvgIpc) is 2.33. The van der Waals surface area contributed by atoms with Crippen LogP contribution in [0.25, 0.3) is 0 Å². The molecule has 1 amide bonds. The predicted octanol–water partition coefficient (Wildman–Crippen LogP) is 4.24. The first-order valence-corrected chi connectivity index (χ1v) is 6.79. The van der Waals surface area contributed by atoms with Crippen molar-refractivity contribution in [2.75, 3.05) is 0 Å². The summed E-state index contributed by atoms with van der Waals surface area (Å²) in [4.78, 5) is 11.4. The van der Waals surface area contributed by atoms with Crippen molar-refractivity contribution in [1.29, 1.82) is 0 Å². The highest BCUT2D eigenvalue weighted by Gasteiger charge is 2.15. The third-order valence-corrected chi connectivity index (χ3v) is 3.49. The molecule has 0 saturated carbocycles. The summed E-state index contributed by atoms with van der Waals surface area (Å²) >= 11 is 6.43. The van der Waals surface area contributed by atoms with Crippen LogP contribution in [0.4, 0.5) is 4.39 Å². The number of ether oxygens (including phenoxy) is 1. The Morgan fingerprint density at radius 3 is 2.58 bits per heavy atom. The first kappa shape index (κ1) is 14.0. The minimum atomic E-state index is -0.655. The van der Waals surface area contributed by atoms with Crippen molar-refractivity contribution in [3.05, 3.63) is 56.7 Å². The number of primary amides is 1. The third kappa shape index (κ3) is 3.13. The molecule has 2 rings (SSSR count). The summed E-state index contributed by atoms with van der Waals surface area (Å²) in [7, 11) is 0. The topological polar surface area (TPSA) is 52.3 Å². The second-order valence-corrected chi connectivity index (χ2v) is 5.42. The van der Waals surface area contributed by atoms with Gasteiger partial charge in [-0.2, -0.15) is 0 Å². The van der Waals surface area contributed by atoms with E-state index in [0.29, 0.717) is 8.95 Å². The number of hydrogen-bond donors (Lipinski definition) is 1. The standard InChI is InChI=1S/C13H8Br2FNO2/c14-7-4-5-9(16)11(6-7)19-10-3-1-2-8(15)12(10)13(17)18/h1-6H,(H2,17,18). The molecule has 19 heavy (non-hydrogen) atoms. The third-order valence-electron chi connectivity index (χ3n) is 2.33. The van der Waals surface area contributed by atoms with E-state index >= 15 is 0 Å². The fourth-order valence-corrected chi connectivity index (χ4v) is 2.39. The van der Waals surface area contributed by atoms with Crippen LogP contribution < -0.4 is 10.5 Å². The number of nitrogens with two attached hydrogens (primary N) is 1. The van der Waals surface area contributed by atoms with Crippen molar-refractivity contribution in [2.45, 2.75) is 0 Å². The molecule has 0 aliphatic heterocycles. The summed E-state index contributed by atoms with van der Waals surface area (Å²) in [5.41, 5.74) is 5.45. The summed E-state index contributed by atoms with van der Waals surface area (Å²) in [6, 6.07) is 9.16. The number of rotatable bonds is 3. The van der Waals surface area contributed by atoms with E-state index in [-0.39, 0.29) is 17.1 Å². The minimum Gasteiger partial charge on any atom is -0.453 e. The molecule has 6 heteroatoms. The molecule has 2 aromatic carbocycles. The molecular weight excluding hydrogens is 381 g/mol. The smallest absolute Gasteiger partial charge is 0.253 e. The van der Waals surface area contributed by atoms with E-state index in [1.807, 2.05) is 0 Å². The van der Waals surface area contributed by atoms with Gasteiger partial charge in [0.25, 0.3) is 5.91 Å². The lowest BCUT2D eigenvalue weighted by molar-refractivity contribution is 0.0997. The Hall–Kier alpha value is -1.40. The highest BCUT2D eigenvalue weighted by molar-refractivity contribution is 9.10. The van der Waals surface area contributed by atoms with Crippen LogP contribution in [-0.4, -0.2) is 5.91 Å². The number of benzene rings is 2. The maximum Gasteiger partial charge on any atom is 0.253 e. The van der Waals surface area contributed by atoms with Gasteiger partial charge < -0.3 is 10.5 Å². The lowest BCUT2D eigenvalue weighted by Crippen LogP contribution is -2.13. The molecule has 2 aromatic rings. The van der Waals surface area contributed by atoms with Gasteiger partial charge in [0.15, 0.2) is 11.6 Å². The van der Waals surface area contributed by atoms with Crippen molar-refractivity contribution in [1.82, 2.24) is 0 Å². The Morgan fingerprint density at radius 2 is 1.89 bits per heavy atom. The molecule has 0 saturated heterocycles. The Balaban J connectivity index is 2.46. The zero-order valence-electron chi connectivity index (χ0n) is 9.49. The molecule has 98 valence electrons. The van der Waals surface area contributed by atoms with Crippen LogP contribution in [0.2, 0.25) is 0 Å². The van der Waals surface area contributed by atoms with Crippen LogP contribution in [0.15, 0.2) is 45.3 Å². The number of carbonyl (C=O) groups is 1. The lowest BCUT2D eigenvalue weighted by atomic mass is 10.2. The Labute approximate surface area is 125 Å². The quantitative estimate of drug-likeness (QED) is 0.854. The maximum absolute atomic E-state index is 13.6. The number of hydrogen-bond acceptors (Lipinski definition) is 2. The van der Waals surface area contributed by atoms with Gasteiger partial charge in [-0.05, 0) is 46.3 Å². The van der Waals surface area contributed by atoms with Gasteiger partial charge in [0.2, 0.25) is 0 Å². The molecule has 0 aromatic heterocycles. The van der Waals surface area contributed by atoms with Crippen molar-refractivity contribution >= 4 is 37.8 Å².